The van der Waals surface area contributed by atoms with Gasteiger partial charge in [-0.3, -0.25) is 0 Å². The number of aliphatic hydroxyl groups is 1. The van der Waals surface area contributed by atoms with E-state index in [0.29, 0.717) is 19.8 Å². The minimum absolute atomic E-state index is 0.238. The average Bonchev–Trinajstić information content (AvgIpc) is 2.61. The summed E-state index contributed by atoms with van der Waals surface area (Å²) in [6, 6.07) is 0. The van der Waals surface area contributed by atoms with Crippen LogP contribution < -0.4 is 0 Å². The Morgan fingerprint density at radius 2 is 1.17 bits per heavy atom. The first-order chi connectivity index (χ1) is 11.7. The topological polar surface area (TPSA) is 66.4 Å². The van der Waals surface area contributed by atoms with Crippen LogP contribution in [0.5, 0.6) is 0 Å². The lowest BCUT2D eigenvalue weighted by molar-refractivity contribution is -0.316. The summed E-state index contributed by atoms with van der Waals surface area (Å²) in [5, 5.41) is 9.67. The van der Waals surface area contributed by atoms with Crippen LogP contribution in [-0.4, -0.2) is 68.8 Å². The molecule has 1 fully saturated rings. The fourth-order valence-electron chi connectivity index (χ4n) is 2.43. The van der Waals surface area contributed by atoms with E-state index in [1.165, 1.54) is 0 Å². The highest BCUT2D eigenvalue weighted by atomic mass is 16.7. The van der Waals surface area contributed by atoms with Crippen LogP contribution in [0.15, 0.2) is 50.6 Å². The minimum Gasteiger partial charge on any atom is -0.394 e. The Balaban J connectivity index is 3.02. The smallest absolute Gasteiger partial charge is 0.187 e. The predicted molar refractivity (Wildman–Crippen MR) is 91.7 cm³/mol. The lowest BCUT2D eigenvalue weighted by Crippen LogP contribution is -2.61. The van der Waals surface area contributed by atoms with E-state index in [1.807, 2.05) is 0 Å². The molecular weight excluding hydrogens is 312 g/mol. The summed E-state index contributed by atoms with van der Waals surface area (Å²) in [5.41, 5.74) is 0. The van der Waals surface area contributed by atoms with Gasteiger partial charge in [-0.2, -0.15) is 0 Å². The molecule has 0 aromatic rings. The molecule has 0 aromatic carbocycles. The SMILES string of the molecule is C=CCO[C@H]1O[C@H](CO)[C@@H](OCC=C)[C@H](OCC=C)[C@H]1OCC=C. The molecule has 5 atom stereocenters. The quantitative estimate of drug-likeness (QED) is 0.514. The van der Waals surface area contributed by atoms with Crippen LogP contribution in [0.1, 0.15) is 0 Å². The highest BCUT2D eigenvalue weighted by Crippen LogP contribution is 2.29. The Morgan fingerprint density at radius 1 is 0.708 bits per heavy atom. The lowest BCUT2D eigenvalue weighted by atomic mass is 9.98. The lowest BCUT2D eigenvalue weighted by Gasteiger charge is -2.45. The second-order valence-corrected chi connectivity index (χ2v) is 5.11. The third-order valence-electron chi connectivity index (χ3n) is 3.37. The average molecular weight is 340 g/mol. The maximum atomic E-state index is 9.67. The predicted octanol–water partition coefficient (Wildman–Crippen LogP) is 1.62. The molecule has 1 aliphatic heterocycles. The summed E-state index contributed by atoms with van der Waals surface area (Å²) in [4.78, 5) is 0. The van der Waals surface area contributed by atoms with Crippen LogP contribution >= 0.6 is 0 Å². The zero-order valence-corrected chi connectivity index (χ0v) is 14.0. The standard InChI is InChI=1S/C18H28O6/c1-5-9-20-15-14(13-19)24-18(23-12-8-4)17(22-11-7-3)16(15)21-10-6-2/h5-8,14-19H,1-4,9-13H2/t14-,15-,16+,17-,18+/m1/s1. The Labute approximate surface area is 144 Å². The van der Waals surface area contributed by atoms with Crippen molar-refractivity contribution in [1.29, 1.82) is 0 Å². The summed E-state index contributed by atoms with van der Waals surface area (Å²) in [6.45, 7) is 15.5. The molecule has 136 valence electrons. The molecule has 1 rings (SSSR count). The van der Waals surface area contributed by atoms with Crippen molar-refractivity contribution in [2.45, 2.75) is 30.7 Å². The molecule has 1 N–H and O–H groups in total. The Kier molecular flexibility index (Phi) is 10.5. The van der Waals surface area contributed by atoms with Crippen molar-refractivity contribution >= 4 is 0 Å². The molecule has 0 aromatic heterocycles. The normalized spacial score (nSPS) is 29.8. The molecule has 1 heterocycles. The summed E-state index contributed by atoms with van der Waals surface area (Å²) < 4.78 is 28.9. The highest BCUT2D eigenvalue weighted by Gasteiger charge is 2.48. The molecule has 1 aliphatic rings. The maximum absolute atomic E-state index is 9.67. The van der Waals surface area contributed by atoms with Gasteiger partial charge in [0.25, 0.3) is 0 Å². The van der Waals surface area contributed by atoms with Gasteiger partial charge in [-0.25, -0.2) is 0 Å². The van der Waals surface area contributed by atoms with Crippen LogP contribution in [0.2, 0.25) is 0 Å². The molecule has 0 radical (unpaired) electrons. The Bertz CT molecular complexity index is 397. The van der Waals surface area contributed by atoms with Gasteiger partial charge in [0.1, 0.15) is 24.4 Å². The molecular formula is C18H28O6. The Hall–Kier alpha value is -1.28. The van der Waals surface area contributed by atoms with Crippen LogP contribution in [0.4, 0.5) is 0 Å². The molecule has 1 saturated heterocycles. The largest absolute Gasteiger partial charge is 0.394 e. The molecule has 0 aliphatic carbocycles. The third-order valence-corrected chi connectivity index (χ3v) is 3.37. The van der Waals surface area contributed by atoms with Gasteiger partial charge in [-0.1, -0.05) is 24.3 Å². The fourth-order valence-corrected chi connectivity index (χ4v) is 2.43. The number of rotatable bonds is 13. The van der Waals surface area contributed by atoms with Crippen molar-refractivity contribution in [2.75, 3.05) is 33.0 Å². The first-order valence-corrected chi connectivity index (χ1v) is 7.89. The van der Waals surface area contributed by atoms with Crippen molar-refractivity contribution in [2.24, 2.45) is 0 Å². The van der Waals surface area contributed by atoms with Crippen molar-refractivity contribution < 1.29 is 28.8 Å². The molecule has 6 nitrogen and oxygen atoms in total. The van der Waals surface area contributed by atoms with Crippen LogP contribution in [0.25, 0.3) is 0 Å². The van der Waals surface area contributed by atoms with Crippen LogP contribution in [-0.2, 0) is 23.7 Å². The van der Waals surface area contributed by atoms with Crippen LogP contribution in [0.3, 0.4) is 0 Å². The van der Waals surface area contributed by atoms with E-state index in [4.69, 9.17) is 23.7 Å². The van der Waals surface area contributed by atoms with E-state index in [-0.39, 0.29) is 13.2 Å². The van der Waals surface area contributed by atoms with Gasteiger partial charge in [0.2, 0.25) is 0 Å². The van der Waals surface area contributed by atoms with Gasteiger partial charge < -0.3 is 28.8 Å². The summed E-state index contributed by atoms with van der Waals surface area (Å²) in [7, 11) is 0. The zero-order chi connectivity index (χ0) is 17.8. The number of hydrogen-bond acceptors (Lipinski definition) is 6. The van der Waals surface area contributed by atoms with Crippen LogP contribution in [0, 0.1) is 0 Å². The van der Waals surface area contributed by atoms with Gasteiger partial charge in [0.15, 0.2) is 6.29 Å². The zero-order valence-electron chi connectivity index (χ0n) is 14.0. The molecule has 24 heavy (non-hydrogen) atoms. The van der Waals surface area contributed by atoms with Gasteiger partial charge in [-0.15, -0.1) is 26.3 Å². The second-order valence-electron chi connectivity index (χ2n) is 5.11. The third kappa shape index (κ3) is 5.98. The van der Waals surface area contributed by atoms with E-state index >= 15 is 0 Å². The summed E-state index contributed by atoms with van der Waals surface area (Å²) >= 11 is 0. The van der Waals surface area contributed by atoms with E-state index in [0.717, 1.165) is 0 Å². The van der Waals surface area contributed by atoms with Gasteiger partial charge in [0, 0.05) is 0 Å². The highest BCUT2D eigenvalue weighted by molar-refractivity contribution is 4.94. The number of hydrogen-bond donors (Lipinski definition) is 1. The fraction of sp³-hybridized carbons (Fsp3) is 0.556. The summed E-state index contributed by atoms with van der Waals surface area (Å²) in [6.07, 6.45) is 3.57. The van der Waals surface area contributed by atoms with E-state index in [1.54, 1.807) is 24.3 Å². The van der Waals surface area contributed by atoms with Gasteiger partial charge in [0.05, 0.1) is 33.0 Å². The molecule has 0 unspecified atom stereocenters. The van der Waals surface area contributed by atoms with E-state index in [9.17, 15) is 5.11 Å². The van der Waals surface area contributed by atoms with Gasteiger partial charge >= 0.3 is 0 Å². The van der Waals surface area contributed by atoms with Gasteiger partial charge in [-0.05, 0) is 0 Å². The second kappa shape index (κ2) is 12.1. The minimum atomic E-state index is -0.724. The number of aliphatic hydroxyl groups excluding tert-OH is 1. The Morgan fingerprint density at radius 3 is 1.67 bits per heavy atom. The van der Waals surface area contributed by atoms with Crippen molar-refractivity contribution in [3.8, 4) is 0 Å². The van der Waals surface area contributed by atoms with Crippen molar-refractivity contribution in [3.63, 3.8) is 0 Å². The van der Waals surface area contributed by atoms with Crippen molar-refractivity contribution in [3.05, 3.63) is 50.6 Å². The van der Waals surface area contributed by atoms with E-state index < -0.39 is 30.7 Å². The van der Waals surface area contributed by atoms with E-state index in [2.05, 4.69) is 26.3 Å². The molecule has 0 bridgehead atoms. The summed E-state index contributed by atoms with van der Waals surface area (Å²) in [5.74, 6) is 0. The monoisotopic (exact) mass is 340 g/mol. The molecule has 6 heteroatoms. The molecule has 0 amide bonds. The van der Waals surface area contributed by atoms with Crippen molar-refractivity contribution in [1.82, 2.24) is 0 Å². The molecule has 0 saturated carbocycles. The number of ether oxygens (including phenoxy) is 5. The molecule has 0 spiro atoms. The maximum Gasteiger partial charge on any atom is 0.187 e. The first kappa shape index (κ1) is 20.8. The first-order valence-electron chi connectivity index (χ1n) is 7.89.